The molecule has 0 saturated carbocycles. The largest absolute Gasteiger partial charge is 0.325 e. The Morgan fingerprint density at radius 3 is 2.71 bits per heavy atom. The average Bonchev–Trinajstić information content (AvgIpc) is 3.07. The molecule has 3 aliphatic heterocycles. The van der Waals surface area contributed by atoms with E-state index in [1.165, 1.54) is 10.5 Å². The molecule has 124 valence electrons. The van der Waals surface area contributed by atoms with Crippen molar-refractivity contribution < 1.29 is 9.59 Å². The third-order valence-electron chi connectivity index (χ3n) is 4.74. The molecule has 7 heteroatoms. The van der Waals surface area contributed by atoms with Gasteiger partial charge < -0.3 is 14.7 Å². The van der Waals surface area contributed by atoms with Crippen LogP contribution in [0, 0.1) is 0 Å². The first-order chi connectivity index (χ1) is 11.6. The molecule has 0 bridgehead atoms. The van der Waals surface area contributed by atoms with E-state index in [1.54, 1.807) is 7.05 Å². The number of benzene rings is 1. The number of urea groups is 1. The molecule has 1 saturated heterocycles. The normalized spacial score (nSPS) is 25.3. The highest BCUT2D eigenvalue weighted by Crippen LogP contribution is 2.31. The first kappa shape index (κ1) is 14.7. The van der Waals surface area contributed by atoms with Gasteiger partial charge in [-0.1, -0.05) is 30.3 Å². The van der Waals surface area contributed by atoms with Crippen LogP contribution in [-0.2, 0) is 11.2 Å². The maximum atomic E-state index is 12.2. The minimum Gasteiger partial charge on any atom is -0.314 e. The third-order valence-corrected chi connectivity index (χ3v) is 4.74. The van der Waals surface area contributed by atoms with Crippen LogP contribution in [0.15, 0.2) is 47.2 Å². The van der Waals surface area contributed by atoms with Crippen molar-refractivity contribution in [2.75, 3.05) is 13.6 Å². The van der Waals surface area contributed by atoms with Crippen LogP contribution in [0.4, 0.5) is 4.79 Å². The second-order valence-corrected chi connectivity index (χ2v) is 6.26. The Balaban J connectivity index is 1.57. The Kier molecular flexibility index (Phi) is 3.30. The second-order valence-electron chi connectivity index (χ2n) is 6.26. The molecule has 1 aromatic rings. The highest BCUT2D eigenvalue weighted by Gasteiger charge is 2.51. The molecule has 0 radical (unpaired) electrons. The van der Waals surface area contributed by atoms with Crippen LogP contribution >= 0.6 is 0 Å². The summed E-state index contributed by atoms with van der Waals surface area (Å²) in [6.45, 7) is 2.79. The zero-order valence-electron chi connectivity index (χ0n) is 13.6. The quantitative estimate of drug-likeness (QED) is 0.899. The smallest absolute Gasteiger partial charge is 0.314 e. The van der Waals surface area contributed by atoms with E-state index in [9.17, 15) is 9.59 Å². The summed E-state index contributed by atoms with van der Waals surface area (Å²) in [5.41, 5.74) is 2.31. The lowest BCUT2D eigenvalue weighted by Crippen LogP contribution is -2.62. The van der Waals surface area contributed by atoms with Gasteiger partial charge in [0.15, 0.2) is 12.2 Å². The number of nitrogens with one attached hydrogen (secondary N) is 1. The van der Waals surface area contributed by atoms with Crippen molar-refractivity contribution >= 4 is 17.9 Å². The molecule has 0 spiro atoms. The van der Waals surface area contributed by atoms with Crippen LogP contribution < -0.4 is 5.32 Å². The number of aliphatic imine (C=N–C) groups is 1. The Bertz CT molecular complexity index is 758. The van der Waals surface area contributed by atoms with Gasteiger partial charge in [-0.15, -0.1) is 0 Å². The number of hydrogen-bond acceptors (Lipinski definition) is 5. The fraction of sp³-hybridized carbons (Fsp3) is 0.353. The molecule has 1 fully saturated rings. The van der Waals surface area contributed by atoms with Gasteiger partial charge in [0, 0.05) is 25.5 Å². The van der Waals surface area contributed by atoms with Gasteiger partial charge in [-0.3, -0.25) is 10.1 Å². The van der Waals surface area contributed by atoms with Gasteiger partial charge >= 0.3 is 6.03 Å². The number of imide groups is 1. The fourth-order valence-corrected chi connectivity index (χ4v) is 3.41. The standard InChI is InChI=1S/C17H19N5O2/c1-11-10-22-13-14(20(2)17(24)19-15(13)23)18-16(22)21(11)9-8-12-6-4-3-5-7-12/h3-7,10,13-14H,8-9H2,1-2H3,(H,19,23,24). The van der Waals surface area contributed by atoms with Gasteiger partial charge in [0.2, 0.25) is 5.96 Å². The number of amides is 3. The van der Waals surface area contributed by atoms with Crippen LogP contribution in [0.5, 0.6) is 0 Å². The number of fused-ring (bicyclic) bond motifs is 3. The summed E-state index contributed by atoms with van der Waals surface area (Å²) >= 11 is 0. The van der Waals surface area contributed by atoms with Crippen molar-refractivity contribution in [2.24, 2.45) is 4.99 Å². The van der Waals surface area contributed by atoms with E-state index >= 15 is 0 Å². The summed E-state index contributed by atoms with van der Waals surface area (Å²) in [6.07, 6.45) is 2.36. The highest BCUT2D eigenvalue weighted by molar-refractivity contribution is 6.04. The van der Waals surface area contributed by atoms with Crippen molar-refractivity contribution in [3.05, 3.63) is 47.8 Å². The zero-order chi connectivity index (χ0) is 16.8. The lowest BCUT2D eigenvalue weighted by Gasteiger charge is -2.34. The van der Waals surface area contributed by atoms with Gasteiger partial charge in [-0.25, -0.2) is 9.79 Å². The second kappa shape index (κ2) is 5.36. The van der Waals surface area contributed by atoms with Crippen LogP contribution in [0.3, 0.4) is 0 Å². The van der Waals surface area contributed by atoms with E-state index in [4.69, 9.17) is 0 Å². The van der Waals surface area contributed by atoms with E-state index in [0.717, 1.165) is 24.6 Å². The molecule has 24 heavy (non-hydrogen) atoms. The van der Waals surface area contributed by atoms with Crippen LogP contribution in [0.2, 0.25) is 0 Å². The highest BCUT2D eigenvalue weighted by atomic mass is 16.2. The topological polar surface area (TPSA) is 68.2 Å². The van der Waals surface area contributed by atoms with E-state index in [-0.39, 0.29) is 5.91 Å². The molecular formula is C17H19N5O2. The fourth-order valence-electron chi connectivity index (χ4n) is 3.41. The van der Waals surface area contributed by atoms with Crippen molar-refractivity contribution in [1.29, 1.82) is 0 Å². The summed E-state index contributed by atoms with van der Waals surface area (Å²) in [5.74, 6) is 0.450. The molecule has 4 rings (SSSR count). The summed E-state index contributed by atoms with van der Waals surface area (Å²) in [4.78, 5) is 34.2. The van der Waals surface area contributed by atoms with Crippen LogP contribution in [0.1, 0.15) is 12.5 Å². The van der Waals surface area contributed by atoms with Gasteiger partial charge in [-0.05, 0) is 18.9 Å². The van der Waals surface area contributed by atoms with Crippen LogP contribution in [-0.4, -0.2) is 58.4 Å². The minimum absolute atomic E-state index is 0.296. The maximum absolute atomic E-state index is 12.2. The molecule has 3 aliphatic rings. The lowest BCUT2D eigenvalue weighted by molar-refractivity contribution is -0.126. The lowest BCUT2D eigenvalue weighted by atomic mass is 10.1. The predicted molar refractivity (Wildman–Crippen MR) is 88.8 cm³/mol. The predicted octanol–water partition coefficient (Wildman–Crippen LogP) is 0.954. The Labute approximate surface area is 140 Å². The van der Waals surface area contributed by atoms with E-state index in [2.05, 4.69) is 27.3 Å². The monoisotopic (exact) mass is 325 g/mol. The molecule has 2 unspecified atom stereocenters. The molecular weight excluding hydrogens is 306 g/mol. The van der Waals surface area contributed by atoms with Crippen molar-refractivity contribution in [2.45, 2.75) is 25.6 Å². The van der Waals surface area contributed by atoms with E-state index < -0.39 is 18.2 Å². The number of likely N-dealkylation sites (N-methyl/N-ethyl adjacent to an activating group) is 1. The summed E-state index contributed by atoms with van der Waals surface area (Å²) in [6, 6.07) is 9.37. The molecule has 3 amide bonds. The number of hydrogen-bond donors (Lipinski definition) is 1. The van der Waals surface area contributed by atoms with Gasteiger partial charge in [0.1, 0.15) is 0 Å². The number of carbonyl (C=O) groups is 2. The SMILES string of the molecule is CC1=CN2C(=NC3C2C(=O)NC(=O)N3C)N1CCc1ccccc1. The molecule has 1 aromatic carbocycles. The van der Waals surface area contributed by atoms with E-state index in [0.29, 0.717) is 0 Å². The molecule has 7 nitrogen and oxygen atoms in total. The number of allylic oxidation sites excluding steroid dienone is 1. The summed E-state index contributed by atoms with van der Waals surface area (Å²) < 4.78 is 0. The van der Waals surface area contributed by atoms with E-state index in [1.807, 2.05) is 36.2 Å². The number of nitrogens with zero attached hydrogens (tertiary/aromatic N) is 4. The number of guanidine groups is 1. The maximum Gasteiger partial charge on any atom is 0.325 e. The Morgan fingerprint density at radius 1 is 1.21 bits per heavy atom. The van der Waals surface area contributed by atoms with Gasteiger partial charge in [0.25, 0.3) is 5.91 Å². The van der Waals surface area contributed by atoms with Gasteiger partial charge in [-0.2, -0.15) is 0 Å². The number of rotatable bonds is 3. The summed E-state index contributed by atoms with van der Waals surface area (Å²) in [5, 5.41) is 2.39. The molecule has 0 aliphatic carbocycles. The van der Waals surface area contributed by atoms with Crippen molar-refractivity contribution in [3.63, 3.8) is 0 Å². The third kappa shape index (κ3) is 2.16. The first-order valence-electron chi connectivity index (χ1n) is 8.00. The van der Waals surface area contributed by atoms with Crippen molar-refractivity contribution in [1.82, 2.24) is 20.0 Å². The average molecular weight is 325 g/mol. The summed E-state index contributed by atoms with van der Waals surface area (Å²) in [7, 11) is 1.66. The van der Waals surface area contributed by atoms with Crippen molar-refractivity contribution in [3.8, 4) is 0 Å². The Hall–Kier alpha value is -2.83. The Morgan fingerprint density at radius 2 is 1.96 bits per heavy atom. The molecule has 1 N–H and O–H groups in total. The molecule has 2 atom stereocenters. The van der Waals surface area contributed by atoms with Gasteiger partial charge in [0.05, 0.1) is 0 Å². The molecule has 0 aromatic heterocycles. The number of carbonyl (C=O) groups excluding carboxylic acids is 2. The first-order valence-corrected chi connectivity index (χ1v) is 8.00. The minimum atomic E-state index is -0.487. The molecule has 3 heterocycles. The van der Waals surface area contributed by atoms with Crippen LogP contribution in [0.25, 0.3) is 0 Å². The zero-order valence-corrected chi connectivity index (χ0v) is 13.6.